The number of amides is 2. The summed E-state index contributed by atoms with van der Waals surface area (Å²) in [5.74, 6) is -1.76. The van der Waals surface area contributed by atoms with Gasteiger partial charge in [0.2, 0.25) is 0 Å². The van der Waals surface area contributed by atoms with Gasteiger partial charge < -0.3 is 15.3 Å². The van der Waals surface area contributed by atoms with Crippen LogP contribution in [0.1, 0.15) is 12.0 Å². The first kappa shape index (κ1) is 14.8. The normalized spacial score (nSPS) is 18.1. The number of hydrogen-bond acceptors (Lipinski definition) is 2. The van der Waals surface area contributed by atoms with E-state index < -0.39 is 11.9 Å². The number of carboxylic acids is 1. The van der Waals surface area contributed by atoms with E-state index in [0.29, 0.717) is 23.0 Å². The number of aliphatic carboxylic acids is 1. The molecule has 1 fully saturated rings. The van der Waals surface area contributed by atoms with Crippen LogP contribution in [0.25, 0.3) is 0 Å². The van der Waals surface area contributed by atoms with Crippen molar-refractivity contribution in [2.75, 3.05) is 13.1 Å². The lowest BCUT2D eigenvalue weighted by molar-refractivity contribution is -0.141. The summed E-state index contributed by atoms with van der Waals surface area (Å²) in [7, 11) is 0. The number of carbonyl (C=O) groups excluding carboxylic acids is 1. The fourth-order valence-electron chi connectivity index (χ4n) is 2.09. The molecule has 1 saturated heterocycles. The highest BCUT2D eigenvalue weighted by Crippen LogP contribution is 2.18. The number of benzene rings is 1. The molecule has 0 radical (unpaired) electrons. The van der Waals surface area contributed by atoms with Crippen LogP contribution in [0.4, 0.5) is 9.18 Å². The number of rotatable bonds is 3. The molecular weight excluding hydrogens is 331 g/mol. The van der Waals surface area contributed by atoms with E-state index in [4.69, 9.17) is 5.11 Å². The molecule has 1 aromatic carbocycles. The van der Waals surface area contributed by atoms with Crippen molar-refractivity contribution < 1.29 is 19.1 Å². The van der Waals surface area contributed by atoms with Crippen molar-refractivity contribution in [3.63, 3.8) is 0 Å². The van der Waals surface area contributed by atoms with Crippen molar-refractivity contribution in [1.82, 2.24) is 10.2 Å². The van der Waals surface area contributed by atoms with Crippen LogP contribution >= 0.6 is 15.9 Å². The number of carboxylic acid groups (broad SMARTS) is 1. The molecular formula is C13H14BrFN2O3. The molecule has 2 amide bonds. The molecule has 1 aliphatic rings. The molecule has 2 N–H and O–H groups in total. The van der Waals surface area contributed by atoms with Gasteiger partial charge in [0.25, 0.3) is 0 Å². The fourth-order valence-corrected chi connectivity index (χ4v) is 2.33. The molecule has 0 aliphatic carbocycles. The lowest BCUT2D eigenvalue weighted by Gasteiger charge is -2.16. The Morgan fingerprint density at radius 2 is 2.25 bits per heavy atom. The lowest BCUT2D eigenvalue weighted by Crippen LogP contribution is -2.38. The van der Waals surface area contributed by atoms with Crippen LogP contribution in [0.3, 0.4) is 0 Å². The molecule has 0 spiro atoms. The Bertz CT molecular complexity index is 538. The second-order valence-corrected chi connectivity index (χ2v) is 5.53. The molecule has 0 aromatic heterocycles. The number of halogens is 2. The minimum atomic E-state index is -0.879. The molecule has 0 saturated carbocycles. The van der Waals surface area contributed by atoms with E-state index in [-0.39, 0.29) is 24.9 Å². The third-order valence-corrected chi connectivity index (χ3v) is 3.90. The smallest absolute Gasteiger partial charge is 0.317 e. The Hall–Kier alpha value is -1.63. The van der Waals surface area contributed by atoms with Gasteiger partial charge in [-0.25, -0.2) is 9.18 Å². The van der Waals surface area contributed by atoms with Crippen molar-refractivity contribution in [2.45, 2.75) is 13.0 Å². The van der Waals surface area contributed by atoms with Gasteiger partial charge in [0.15, 0.2) is 0 Å². The van der Waals surface area contributed by atoms with Crippen LogP contribution in [-0.2, 0) is 11.3 Å². The molecule has 0 bridgehead atoms. The number of urea groups is 1. The molecule has 5 nitrogen and oxygen atoms in total. The monoisotopic (exact) mass is 344 g/mol. The van der Waals surface area contributed by atoms with Crippen LogP contribution in [-0.4, -0.2) is 35.1 Å². The third kappa shape index (κ3) is 3.47. The highest BCUT2D eigenvalue weighted by atomic mass is 79.9. The molecule has 2 rings (SSSR count). The number of likely N-dealkylation sites (tertiary alicyclic amines) is 1. The fraction of sp³-hybridized carbons (Fsp3) is 0.385. The van der Waals surface area contributed by atoms with Gasteiger partial charge in [-0.1, -0.05) is 6.07 Å². The molecule has 108 valence electrons. The molecule has 1 aromatic rings. The average Bonchev–Trinajstić information content (AvgIpc) is 2.89. The Balaban J connectivity index is 1.86. The van der Waals surface area contributed by atoms with E-state index in [1.807, 2.05) is 0 Å². The van der Waals surface area contributed by atoms with Gasteiger partial charge in [-0.15, -0.1) is 0 Å². The van der Waals surface area contributed by atoms with E-state index in [1.54, 1.807) is 12.1 Å². The standard InChI is InChI=1S/C13H14BrFN2O3/c14-10-2-1-8(5-11(10)15)6-16-13(20)17-4-3-9(7-17)12(18)19/h1-2,5,9H,3-4,6-7H2,(H,16,20)(H,18,19). The summed E-state index contributed by atoms with van der Waals surface area (Å²) in [5.41, 5.74) is 0.646. The van der Waals surface area contributed by atoms with E-state index in [2.05, 4.69) is 21.2 Å². The van der Waals surface area contributed by atoms with Crippen molar-refractivity contribution in [2.24, 2.45) is 5.92 Å². The third-order valence-electron chi connectivity index (χ3n) is 3.25. The number of nitrogens with one attached hydrogen (secondary N) is 1. The Kier molecular flexibility index (Phi) is 4.59. The van der Waals surface area contributed by atoms with Gasteiger partial charge >= 0.3 is 12.0 Å². The van der Waals surface area contributed by atoms with E-state index in [1.165, 1.54) is 11.0 Å². The topological polar surface area (TPSA) is 69.6 Å². The van der Waals surface area contributed by atoms with Crippen molar-refractivity contribution in [1.29, 1.82) is 0 Å². The number of hydrogen-bond donors (Lipinski definition) is 2. The first-order valence-corrected chi connectivity index (χ1v) is 6.96. The summed E-state index contributed by atoms with van der Waals surface area (Å²) >= 11 is 3.06. The lowest BCUT2D eigenvalue weighted by atomic mass is 10.1. The van der Waals surface area contributed by atoms with Gasteiger partial charge in [-0.3, -0.25) is 4.79 Å². The summed E-state index contributed by atoms with van der Waals surface area (Å²) < 4.78 is 13.7. The first-order chi connectivity index (χ1) is 9.47. The SMILES string of the molecule is O=C(O)C1CCN(C(=O)NCc2ccc(Br)c(F)c2)C1. The number of carbonyl (C=O) groups is 2. The molecule has 1 atom stereocenters. The van der Waals surface area contributed by atoms with Crippen LogP contribution < -0.4 is 5.32 Å². The Labute approximate surface area is 123 Å². The zero-order valence-corrected chi connectivity index (χ0v) is 12.2. The zero-order valence-electron chi connectivity index (χ0n) is 10.6. The van der Waals surface area contributed by atoms with Crippen molar-refractivity contribution in [3.8, 4) is 0 Å². The van der Waals surface area contributed by atoms with E-state index in [0.717, 1.165) is 0 Å². The Morgan fingerprint density at radius 1 is 1.50 bits per heavy atom. The molecule has 1 unspecified atom stereocenters. The molecule has 1 heterocycles. The van der Waals surface area contributed by atoms with Crippen LogP contribution in [0.15, 0.2) is 22.7 Å². The molecule has 1 aliphatic heterocycles. The minimum absolute atomic E-state index is 0.206. The van der Waals surface area contributed by atoms with Crippen LogP contribution in [0.5, 0.6) is 0 Å². The van der Waals surface area contributed by atoms with Crippen molar-refractivity contribution >= 4 is 27.9 Å². The molecule has 20 heavy (non-hydrogen) atoms. The maximum absolute atomic E-state index is 13.3. The second-order valence-electron chi connectivity index (χ2n) is 4.68. The minimum Gasteiger partial charge on any atom is -0.481 e. The van der Waals surface area contributed by atoms with Gasteiger partial charge in [0.1, 0.15) is 5.82 Å². The summed E-state index contributed by atoms with van der Waals surface area (Å²) in [5, 5.41) is 11.5. The van der Waals surface area contributed by atoms with Gasteiger partial charge in [-0.2, -0.15) is 0 Å². The maximum atomic E-state index is 13.3. The zero-order chi connectivity index (χ0) is 14.7. The summed E-state index contributed by atoms with van der Waals surface area (Å²) in [4.78, 5) is 24.1. The largest absolute Gasteiger partial charge is 0.481 e. The van der Waals surface area contributed by atoms with Crippen LogP contribution in [0, 0.1) is 11.7 Å². The van der Waals surface area contributed by atoms with Gasteiger partial charge in [0, 0.05) is 19.6 Å². The van der Waals surface area contributed by atoms with Gasteiger partial charge in [-0.05, 0) is 40.0 Å². The predicted molar refractivity (Wildman–Crippen MR) is 73.7 cm³/mol. The van der Waals surface area contributed by atoms with Crippen LogP contribution in [0.2, 0.25) is 0 Å². The summed E-state index contributed by atoms with van der Waals surface area (Å²) in [6, 6.07) is 4.30. The van der Waals surface area contributed by atoms with Crippen molar-refractivity contribution in [3.05, 3.63) is 34.1 Å². The average molecular weight is 345 g/mol. The highest BCUT2D eigenvalue weighted by Gasteiger charge is 2.30. The maximum Gasteiger partial charge on any atom is 0.317 e. The molecule has 7 heteroatoms. The summed E-state index contributed by atoms with van der Waals surface area (Å²) in [6.07, 6.45) is 0.468. The van der Waals surface area contributed by atoms with E-state index in [9.17, 15) is 14.0 Å². The van der Waals surface area contributed by atoms with E-state index >= 15 is 0 Å². The van der Waals surface area contributed by atoms with Gasteiger partial charge in [0.05, 0.1) is 10.4 Å². The Morgan fingerprint density at radius 3 is 2.85 bits per heavy atom. The summed E-state index contributed by atoms with van der Waals surface area (Å²) in [6.45, 7) is 0.852. The predicted octanol–water partition coefficient (Wildman–Crippen LogP) is 2.20. The quantitative estimate of drug-likeness (QED) is 0.883. The number of nitrogens with zero attached hydrogens (tertiary/aromatic N) is 1. The highest BCUT2D eigenvalue weighted by molar-refractivity contribution is 9.10. The second kappa shape index (κ2) is 6.21. The first-order valence-electron chi connectivity index (χ1n) is 6.17.